The van der Waals surface area contributed by atoms with E-state index in [1.807, 2.05) is 19.1 Å². The predicted molar refractivity (Wildman–Crippen MR) is 38.1 cm³/mol. The molecular formula is C8H12O. The first-order chi connectivity index (χ1) is 4.29. The minimum atomic E-state index is -0.178. The zero-order valence-corrected chi connectivity index (χ0v) is 5.62. The third-order valence-corrected chi connectivity index (χ3v) is 1.44. The Hall–Kier alpha value is -0.560. The molecule has 1 atom stereocenters. The van der Waals surface area contributed by atoms with Crippen LogP contribution in [-0.4, -0.2) is 11.2 Å². The molecule has 0 radical (unpaired) electrons. The van der Waals surface area contributed by atoms with E-state index in [-0.39, 0.29) is 6.10 Å². The molecule has 50 valence electrons. The highest BCUT2D eigenvalue weighted by Gasteiger charge is 2.05. The van der Waals surface area contributed by atoms with E-state index >= 15 is 0 Å². The molecule has 1 heteroatoms. The monoisotopic (exact) mass is 124 g/mol. The maximum atomic E-state index is 8.94. The molecule has 1 nitrogen and oxygen atoms in total. The molecule has 0 bridgehead atoms. The predicted octanol–water partition coefficient (Wildman–Crippen LogP) is 1.50. The van der Waals surface area contributed by atoms with Crippen LogP contribution in [0.4, 0.5) is 0 Å². The second-order valence-corrected chi connectivity index (χ2v) is 2.52. The van der Waals surface area contributed by atoms with Crippen LogP contribution < -0.4 is 0 Å². The topological polar surface area (TPSA) is 20.2 Å². The first-order valence-corrected chi connectivity index (χ1v) is 3.32. The van der Waals surface area contributed by atoms with Crippen molar-refractivity contribution in [2.24, 2.45) is 5.92 Å². The van der Waals surface area contributed by atoms with Gasteiger partial charge < -0.3 is 5.11 Å². The van der Waals surface area contributed by atoms with Crippen LogP contribution in [0.5, 0.6) is 0 Å². The molecule has 1 rings (SSSR count). The van der Waals surface area contributed by atoms with Crippen LogP contribution in [0.3, 0.4) is 0 Å². The molecule has 0 aromatic heterocycles. The molecule has 0 aromatic rings. The Balaban J connectivity index is 2.29. The summed E-state index contributed by atoms with van der Waals surface area (Å²) in [6.07, 6.45) is 8.93. The Labute approximate surface area is 55.7 Å². The molecule has 0 saturated heterocycles. The molecule has 0 aliphatic heterocycles. The fourth-order valence-electron chi connectivity index (χ4n) is 1.03. The summed E-state index contributed by atoms with van der Waals surface area (Å²) in [5, 5.41) is 8.94. The van der Waals surface area contributed by atoms with Crippen molar-refractivity contribution >= 4 is 0 Å². The van der Waals surface area contributed by atoms with Crippen molar-refractivity contribution in [1.82, 2.24) is 0 Å². The van der Waals surface area contributed by atoms with Crippen LogP contribution in [-0.2, 0) is 0 Å². The van der Waals surface area contributed by atoms with Crippen LogP contribution in [0.25, 0.3) is 0 Å². The summed E-state index contributed by atoms with van der Waals surface area (Å²) < 4.78 is 0. The molecule has 0 aromatic carbocycles. The van der Waals surface area contributed by atoms with Crippen molar-refractivity contribution < 1.29 is 5.11 Å². The van der Waals surface area contributed by atoms with Crippen LogP contribution in [0.2, 0.25) is 0 Å². The number of hydrogen-bond donors (Lipinski definition) is 1. The largest absolute Gasteiger partial charge is 0.393 e. The lowest BCUT2D eigenvalue weighted by Crippen LogP contribution is -2.04. The lowest BCUT2D eigenvalue weighted by atomic mass is 10.1. The average Bonchev–Trinajstić information content (AvgIpc) is 2.15. The maximum absolute atomic E-state index is 8.94. The van der Waals surface area contributed by atoms with Crippen molar-refractivity contribution in [2.75, 3.05) is 0 Å². The summed E-state index contributed by atoms with van der Waals surface area (Å²) in [5.41, 5.74) is 0. The van der Waals surface area contributed by atoms with Gasteiger partial charge in [-0.2, -0.15) is 0 Å². The highest BCUT2D eigenvalue weighted by atomic mass is 16.3. The van der Waals surface area contributed by atoms with E-state index < -0.39 is 0 Å². The molecule has 1 N–H and O–H groups in total. The van der Waals surface area contributed by atoms with E-state index in [2.05, 4.69) is 12.2 Å². The van der Waals surface area contributed by atoms with Gasteiger partial charge in [0.1, 0.15) is 0 Å². The van der Waals surface area contributed by atoms with Crippen molar-refractivity contribution in [2.45, 2.75) is 19.4 Å². The second kappa shape index (κ2) is 2.83. The molecule has 9 heavy (non-hydrogen) atoms. The van der Waals surface area contributed by atoms with E-state index in [1.54, 1.807) is 0 Å². The molecule has 0 amide bonds. The Morgan fingerprint density at radius 1 is 1.44 bits per heavy atom. The summed E-state index contributed by atoms with van der Waals surface area (Å²) >= 11 is 0. The molecule has 0 fully saturated rings. The van der Waals surface area contributed by atoms with Crippen LogP contribution in [0, 0.1) is 5.92 Å². The first kappa shape index (κ1) is 6.56. The summed E-state index contributed by atoms with van der Waals surface area (Å²) in [6.45, 7) is 1.82. The number of aliphatic hydroxyl groups excluding tert-OH is 1. The number of allylic oxidation sites excluding steroid dienone is 4. The maximum Gasteiger partial charge on any atom is 0.0520 e. The Bertz CT molecular complexity index is 122. The van der Waals surface area contributed by atoms with Gasteiger partial charge >= 0.3 is 0 Å². The minimum absolute atomic E-state index is 0.178. The zero-order valence-electron chi connectivity index (χ0n) is 5.62. The number of rotatable bonds is 2. The summed E-state index contributed by atoms with van der Waals surface area (Å²) in [5.74, 6) is 0.477. The van der Waals surface area contributed by atoms with Gasteiger partial charge in [-0.1, -0.05) is 24.3 Å². The van der Waals surface area contributed by atoms with Gasteiger partial charge in [-0.3, -0.25) is 0 Å². The van der Waals surface area contributed by atoms with Gasteiger partial charge in [0, 0.05) is 0 Å². The fraction of sp³-hybridized carbons (Fsp3) is 0.500. The van der Waals surface area contributed by atoms with Gasteiger partial charge in [0.2, 0.25) is 0 Å². The van der Waals surface area contributed by atoms with Gasteiger partial charge in [0.25, 0.3) is 0 Å². The molecular weight excluding hydrogens is 112 g/mol. The molecule has 1 unspecified atom stereocenters. The van der Waals surface area contributed by atoms with Crippen LogP contribution >= 0.6 is 0 Å². The zero-order chi connectivity index (χ0) is 6.69. The van der Waals surface area contributed by atoms with Crippen molar-refractivity contribution in [3.8, 4) is 0 Å². The molecule has 1 aliphatic rings. The van der Waals surface area contributed by atoms with E-state index in [9.17, 15) is 0 Å². The minimum Gasteiger partial charge on any atom is -0.393 e. The SMILES string of the molecule is CC(O)CC1C=CC=C1. The second-order valence-electron chi connectivity index (χ2n) is 2.52. The molecule has 0 heterocycles. The lowest BCUT2D eigenvalue weighted by Gasteiger charge is -2.06. The van der Waals surface area contributed by atoms with Gasteiger partial charge in [-0.25, -0.2) is 0 Å². The summed E-state index contributed by atoms with van der Waals surface area (Å²) in [6, 6.07) is 0. The van der Waals surface area contributed by atoms with Gasteiger partial charge in [-0.05, 0) is 19.3 Å². The average molecular weight is 124 g/mol. The smallest absolute Gasteiger partial charge is 0.0520 e. The summed E-state index contributed by atoms with van der Waals surface area (Å²) in [4.78, 5) is 0. The number of hydrogen-bond acceptors (Lipinski definition) is 1. The molecule has 0 spiro atoms. The Morgan fingerprint density at radius 2 is 2.00 bits per heavy atom. The normalized spacial score (nSPS) is 21.1. The number of aliphatic hydroxyl groups is 1. The van der Waals surface area contributed by atoms with Gasteiger partial charge in [0.15, 0.2) is 0 Å². The lowest BCUT2D eigenvalue weighted by molar-refractivity contribution is 0.177. The van der Waals surface area contributed by atoms with E-state index in [0.717, 1.165) is 6.42 Å². The highest BCUT2D eigenvalue weighted by Crippen LogP contribution is 2.14. The Kier molecular flexibility index (Phi) is 2.06. The molecule has 0 saturated carbocycles. The first-order valence-electron chi connectivity index (χ1n) is 3.32. The standard InChI is InChI=1S/C8H12O/c1-7(9)6-8-4-2-3-5-8/h2-5,7-9H,6H2,1H3. The van der Waals surface area contributed by atoms with Gasteiger partial charge in [-0.15, -0.1) is 0 Å². The van der Waals surface area contributed by atoms with Crippen molar-refractivity contribution in [1.29, 1.82) is 0 Å². The quantitative estimate of drug-likeness (QED) is 0.591. The van der Waals surface area contributed by atoms with Crippen molar-refractivity contribution in [3.63, 3.8) is 0 Å². The van der Waals surface area contributed by atoms with E-state index in [4.69, 9.17) is 5.11 Å². The van der Waals surface area contributed by atoms with Crippen LogP contribution in [0.1, 0.15) is 13.3 Å². The van der Waals surface area contributed by atoms with E-state index in [0.29, 0.717) is 5.92 Å². The third kappa shape index (κ3) is 2.02. The fourth-order valence-corrected chi connectivity index (χ4v) is 1.03. The van der Waals surface area contributed by atoms with E-state index in [1.165, 1.54) is 0 Å². The Morgan fingerprint density at radius 3 is 2.44 bits per heavy atom. The summed E-state index contributed by atoms with van der Waals surface area (Å²) in [7, 11) is 0. The van der Waals surface area contributed by atoms with Gasteiger partial charge in [0.05, 0.1) is 6.10 Å². The third-order valence-electron chi connectivity index (χ3n) is 1.44. The molecule has 1 aliphatic carbocycles. The highest BCUT2D eigenvalue weighted by molar-refractivity contribution is 5.17. The van der Waals surface area contributed by atoms with Crippen molar-refractivity contribution in [3.05, 3.63) is 24.3 Å². The van der Waals surface area contributed by atoms with Crippen LogP contribution in [0.15, 0.2) is 24.3 Å².